The Morgan fingerprint density at radius 1 is 1.60 bits per heavy atom. The number of H-pyrrole nitrogens is 1. The lowest BCUT2D eigenvalue weighted by atomic mass is 10.1. The number of rotatable bonds is 3. The minimum Gasteiger partial charge on any atom is -0.456 e. The van der Waals surface area contributed by atoms with Gasteiger partial charge >= 0.3 is 5.97 Å². The number of nitrogens with one attached hydrogen (secondary N) is 1. The van der Waals surface area contributed by atoms with E-state index >= 15 is 0 Å². The Morgan fingerprint density at radius 3 is 2.80 bits per heavy atom. The Balaban J connectivity index is 2.77. The molecule has 84 valence electrons. The van der Waals surface area contributed by atoms with Crippen molar-refractivity contribution in [2.45, 2.75) is 32.8 Å². The van der Waals surface area contributed by atoms with Gasteiger partial charge in [0.2, 0.25) is 0 Å². The molecule has 0 aliphatic carbocycles. The highest BCUT2D eigenvalue weighted by molar-refractivity contribution is 5.90. The largest absolute Gasteiger partial charge is 0.456 e. The van der Waals surface area contributed by atoms with Crippen molar-refractivity contribution < 1.29 is 9.53 Å². The van der Waals surface area contributed by atoms with Gasteiger partial charge in [0.05, 0.1) is 11.9 Å². The van der Waals surface area contributed by atoms with Crippen LogP contribution in [0.2, 0.25) is 0 Å². The fourth-order valence-corrected chi connectivity index (χ4v) is 1.16. The van der Waals surface area contributed by atoms with Crippen molar-refractivity contribution in [1.29, 1.82) is 0 Å². The molecule has 0 bridgehead atoms. The molecule has 5 nitrogen and oxygen atoms in total. The molecule has 1 aromatic heterocycles. The zero-order valence-electron chi connectivity index (χ0n) is 9.33. The lowest BCUT2D eigenvalue weighted by molar-refractivity contribution is 0.00685. The summed E-state index contributed by atoms with van der Waals surface area (Å²) in [6.07, 6.45) is 2.06. The van der Waals surface area contributed by atoms with Crippen molar-refractivity contribution in [3.8, 4) is 0 Å². The minimum absolute atomic E-state index is 0.361. The number of carbonyl (C=O) groups is 1. The van der Waals surface area contributed by atoms with E-state index in [2.05, 4.69) is 10.2 Å². The summed E-state index contributed by atoms with van der Waals surface area (Å²) in [4.78, 5) is 11.7. The molecule has 1 heterocycles. The van der Waals surface area contributed by atoms with Crippen LogP contribution in [0.3, 0.4) is 0 Å². The van der Waals surface area contributed by atoms with Crippen molar-refractivity contribution in [2.75, 3.05) is 6.54 Å². The first-order chi connectivity index (χ1) is 6.94. The van der Waals surface area contributed by atoms with Crippen LogP contribution in [0.25, 0.3) is 0 Å². The minimum atomic E-state index is -0.492. The van der Waals surface area contributed by atoms with Crippen LogP contribution in [0.5, 0.6) is 0 Å². The van der Waals surface area contributed by atoms with Gasteiger partial charge in [0.1, 0.15) is 11.2 Å². The van der Waals surface area contributed by atoms with E-state index in [0.29, 0.717) is 18.5 Å². The maximum atomic E-state index is 11.7. The molecular weight excluding hydrogens is 194 g/mol. The normalized spacial score (nSPS) is 11.5. The third-order valence-electron chi connectivity index (χ3n) is 1.73. The zero-order valence-corrected chi connectivity index (χ0v) is 9.33. The number of aromatic amines is 1. The van der Waals surface area contributed by atoms with Crippen LogP contribution in [0.4, 0.5) is 0 Å². The van der Waals surface area contributed by atoms with Gasteiger partial charge in [0, 0.05) is 6.42 Å². The van der Waals surface area contributed by atoms with E-state index in [1.165, 1.54) is 6.20 Å². The summed E-state index contributed by atoms with van der Waals surface area (Å²) < 4.78 is 5.23. The van der Waals surface area contributed by atoms with Crippen molar-refractivity contribution >= 4 is 5.97 Å². The van der Waals surface area contributed by atoms with Gasteiger partial charge in [0.25, 0.3) is 0 Å². The third-order valence-corrected chi connectivity index (χ3v) is 1.73. The highest BCUT2D eigenvalue weighted by atomic mass is 16.6. The van der Waals surface area contributed by atoms with Crippen molar-refractivity contribution in [3.05, 3.63) is 17.5 Å². The van der Waals surface area contributed by atoms with Crippen LogP contribution in [0.15, 0.2) is 6.20 Å². The van der Waals surface area contributed by atoms with Gasteiger partial charge in [-0.1, -0.05) is 0 Å². The molecule has 0 unspecified atom stereocenters. The van der Waals surface area contributed by atoms with Crippen LogP contribution in [0, 0.1) is 0 Å². The molecule has 5 heteroatoms. The number of nitrogens with two attached hydrogens (primary N) is 1. The second-order valence-corrected chi connectivity index (χ2v) is 4.30. The smallest absolute Gasteiger partial charge is 0.342 e. The maximum absolute atomic E-state index is 11.7. The standard InChI is InChI=1S/C10H17N3O2/c1-10(2,3)15-9(14)7-6-12-13-8(7)4-5-11/h6H,4-5,11H2,1-3H3,(H,12,13). The predicted octanol–water partition coefficient (Wildman–Crippen LogP) is 0.866. The molecular formula is C10H17N3O2. The van der Waals surface area contributed by atoms with Gasteiger partial charge in [0.15, 0.2) is 0 Å². The molecule has 0 atom stereocenters. The fraction of sp³-hybridized carbons (Fsp3) is 0.600. The second kappa shape index (κ2) is 4.44. The molecule has 15 heavy (non-hydrogen) atoms. The van der Waals surface area contributed by atoms with Crippen molar-refractivity contribution in [2.24, 2.45) is 5.73 Å². The average molecular weight is 211 g/mol. The zero-order chi connectivity index (χ0) is 11.5. The predicted molar refractivity (Wildman–Crippen MR) is 56.5 cm³/mol. The number of hydrogen-bond donors (Lipinski definition) is 2. The molecule has 0 spiro atoms. The summed E-state index contributed by atoms with van der Waals surface area (Å²) >= 11 is 0. The van der Waals surface area contributed by atoms with Gasteiger partial charge < -0.3 is 10.5 Å². The van der Waals surface area contributed by atoms with E-state index in [-0.39, 0.29) is 5.97 Å². The first-order valence-corrected chi connectivity index (χ1v) is 4.89. The van der Waals surface area contributed by atoms with Gasteiger partial charge in [-0.25, -0.2) is 4.79 Å². The maximum Gasteiger partial charge on any atom is 0.342 e. The molecule has 0 amide bonds. The Bertz CT molecular complexity index is 339. The molecule has 0 saturated heterocycles. The van der Waals surface area contributed by atoms with Crippen molar-refractivity contribution in [1.82, 2.24) is 10.2 Å². The van der Waals surface area contributed by atoms with E-state index in [1.807, 2.05) is 20.8 Å². The highest BCUT2D eigenvalue weighted by Crippen LogP contribution is 2.13. The summed E-state index contributed by atoms with van der Waals surface area (Å²) in [5.74, 6) is -0.361. The van der Waals surface area contributed by atoms with Gasteiger partial charge in [-0.15, -0.1) is 0 Å². The van der Waals surface area contributed by atoms with E-state index in [1.54, 1.807) is 0 Å². The summed E-state index contributed by atoms with van der Waals surface area (Å²) in [6.45, 7) is 5.95. The number of esters is 1. The molecule has 1 rings (SSSR count). The molecule has 1 aromatic rings. The van der Waals surface area contributed by atoms with Crippen molar-refractivity contribution in [3.63, 3.8) is 0 Å². The first kappa shape index (κ1) is 11.7. The summed E-state index contributed by atoms with van der Waals surface area (Å²) in [5.41, 5.74) is 6.12. The summed E-state index contributed by atoms with van der Waals surface area (Å²) in [7, 11) is 0. The summed E-state index contributed by atoms with van der Waals surface area (Å²) in [5, 5.41) is 6.55. The molecule has 3 N–H and O–H groups in total. The SMILES string of the molecule is CC(C)(C)OC(=O)c1cn[nH]c1CCN. The van der Waals surface area contributed by atoms with E-state index in [4.69, 9.17) is 10.5 Å². The summed E-state index contributed by atoms with van der Waals surface area (Å²) in [6, 6.07) is 0. The molecule has 0 aliphatic heterocycles. The number of nitrogens with zero attached hydrogens (tertiary/aromatic N) is 1. The number of hydrogen-bond acceptors (Lipinski definition) is 4. The Kier molecular flexibility index (Phi) is 3.47. The van der Waals surface area contributed by atoms with E-state index in [9.17, 15) is 4.79 Å². The number of aromatic nitrogens is 2. The molecule has 0 aliphatic rings. The molecule has 0 fully saturated rings. The molecule has 0 radical (unpaired) electrons. The molecule has 0 aromatic carbocycles. The quantitative estimate of drug-likeness (QED) is 0.727. The third kappa shape index (κ3) is 3.36. The van der Waals surface area contributed by atoms with Crippen LogP contribution in [-0.4, -0.2) is 28.3 Å². The van der Waals surface area contributed by atoms with E-state index < -0.39 is 5.60 Å². The van der Waals surface area contributed by atoms with Gasteiger partial charge in [-0.05, 0) is 27.3 Å². The number of ether oxygens (including phenoxy) is 1. The first-order valence-electron chi connectivity index (χ1n) is 4.89. The topological polar surface area (TPSA) is 81.0 Å². The lowest BCUT2D eigenvalue weighted by Crippen LogP contribution is -2.24. The number of carbonyl (C=O) groups excluding carboxylic acids is 1. The second-order valence-electron chi connectivity index (χ2n) is 4.30. The van der Waals surface area contributed by atoms with Crippen LogP contribution >= 0.6 is 0 Å². The fourth-order valence-electron chi connectivity index (χ4n) is 1.16. The van der Waals surface area contributed by atoms with Crippen LogP contribution < -0.4 is 5.73 Å². The van der Waals surface area contributed by atoms with Gasteiger partial charge in [-0.2, -0.15) is 5.10 Å². The Labute approximate surface area is 89.0 Å². The lowest BCUT2D eigenvalue weighted by Gasteiger charge is -2.19. The van der Waals surface area contributed by atoms with Crippen LogP contribution in [-0.2, 0) is 11.2 Å². The Morgan fingerprint density at radius 2 is 2.27 bits per heavy atom. The average Bonchev–Trinajstić information content (AvgIpc) is 2.49. The van der Waals surface area contributed by atoms with E-state index in [0.717, 1.165) is 5.69 Å². The highest BCUT2D eigenvalue weighted by Gasteiger charge is 2.21. The van der Waals surface area contributed by atoms with Crippen LogP contribution in [0.1, 0.15) is 36.8 Å². The molecule has 0 saturated carbocycles. The Hall–Kier alpha value is -1.36. The monoisotopic (exact) mass is 211 g/mol. The van der Waals surface area contributed by atoms with Gasteiger partial charge in [-0.3, -0.25) is 5.10 Å².